The fourth-order valence-corrected chi connectivity index (χ4v) is 7.08. The van der Waals surface area contributed by atoms with Gasteiger partial charge in [0.2, 0.25) is 5.91 Å². The molecule has 0 bridgehead atoms. The third-order valence-electron chi connectivity index (χ3n) is 9.20. The number of benzene rings is 1. The zero-order valence-electron chi connectivity index (χ0n) is 24.4. The van der Waals surface area contributed by atoms with Crippen molar-refractivity contribution in [3.63, 3.8) is 0 Å². The minimum Gasteiger partial charge on any atom is -0.381 e. The highest BCUT2D eigenvalue weighted by molar-refractivity contribution is 6.30. The van der Waals surface area contributed by atoms with E-state index in [1.165, 1.54) is 19.3 Å². The van der Waals surface area contributed by atoms with E-state index in [4.69, 9.17) is 16.3 Å². The Kier molecular flexibility index (Phi) is 11.0. The number of amides is 3. The van der Waals surface area contributed by atoms with E-state index >= 15 is 0 Å². The normalized spacial score (nSPS) is 27.2. The van der Waals surface area contributed by atoms with E-state index in [0.29, 0.717) is 42.7 Å². The molecule has 3 amide bonds. The Morgan fingerprint density at radius 3 is 2.28 bits per heavy atom. The number of piperidine rings is 1. The van der Waals surface area contributed by atoms with E-state index in [2.05, 4.69) is 22.0 Å². The lowest BCUT2D eigenvalue weighted by Crippen LogP contribution is -2.60. The van der Waals surface area contributed by atoms with Crippen LogP contribution in [0.2, 0.25) is 5.02 Å². The summed E-state index contributed by atoms with van der Waals surface area (Å²) in [5, 5.41) is 4.45. The number of carbonyl (C=O) groups is 2. The molecular weight excluding hydrogens is 512 g/mol. The molecule has 1 aromatic carbocycles. The molecule has 39 heavy (non-hydrogen) atoms. The molecule has 2 saturated carbocycles. The van der Waals surface area contributed by atoms with Gasteiger partial charge in [0.15, 0.2) is 0 Å². The van der Waals surface area contributed by atoms with E-state index < -0.39 is 0 Å². The van der Waals surface area contributed by atoms with Gasteiger partial charge in [0.05, 0.1) is 12.1 Å². The fourth-order valence-electron chi connectivity index (χ4n) is 6.95. The zero-order valence-corrected chi connectivity index (χ0v) is 25.2. The van der Waals surface area contributed by atoms with Crippen LogP contribution in [-0.2, 0) is 16.0 Å². The average molecular weight is 561 g/mol. The number of rotatable bonds is 8. The summed E-state index contributed by atoms with van der Waals surface area (Å²) in [5.41, 5.74) is 1.11. The Morgan fingerprint density at radius 2 is 1.69 bits per heavy atom. The summed E-state index contributed by atoms with van der Waals surface area (Å²) < 4.78 is 5.56. The lowest BCUT2D eigenvalue weighted by molar-refractivity contribution is -0.136. The number of hydrogen-bond donors (Lipinski definition) is 1. The van der Waals surface area contributed by atoms with Crippen molar-refractivity contribution in [1.29, 1.82) is 0 Å². The minimum atomic E-state index is -0.281. The number of likely N-dealkylation sites (tertiary alicyclic amines) is 1. The van der Waals surface area contributed by atoms with Crippen molar-refractivity contribution < 1.29 is 14.3 Å². The van der Waals surface area contributed by atoms with Gasteiger partial charge in [0.25, 0.3) is 0 Å². The Bertz CT molecular complexity index is 928. The highest BCUT2D eigenvalue weighted by Crippen LogP contribution is 2.31. The van der Waals surface area contributed by atoms with Gasteiger partial charge in [-0.1, -0.05) is 49.9 Å². The number of ether oxygens (including phenoxy) is 1. The lowest BCUT2D eigenvalue weighted by Gasteiger charge is -2.48. The summed E-state index contributed by atoms with van der Waals surface area (Å²) in [6.45, 7) is 3.59. The SMILES string of the molecule is COC1CCC(N[C@H](Cc2ccc(Cl)cc2)C(=O)N2CCC(N(C(=O)N(C)C)C3CCCCC3)C(C)C2)CC1. The van der Waals surface area contributed by atoms with Crippen LogP contribution in [0.25, 0.3) is 0 Å². The predicted molar refractivity (Wildman–Crippen MR) is 157 cm³/mol. The average Bonchev–Trinajstić information content (AvgIpc) is 2.95. The molecule has 1 aliphatic heterocycles. The van der Waals surface area contributed by atoms with Gasteiger partial charge in [0, 0.05) is 57.4 Å². The molecule has 8 heteroatoms. The van der Waals surface area contributed by atoms with Crippen LogP contribution in [0, 0.1) is 5.92 Å². The number of nitrogens with zero attached hydrogens (tertiary/aromatic N) is 3. The van der Waals surface area contributed by atoms with Crippen molar-refractivity contribution in [2.24, 2.45) is 5.92 Å². The Morgan fingerprint density at radius 1 is 1.03 bits per heavy atom. The second kappa shape index (κ2) is 14.2. The molecule has 1 saturated heterocycles. The van der Waals surface area contributed by atoms with Crippen molar-refractivity contribution in [3.05, 3.63) is 34.9 Å². The van der Waals surface area contributed by atoms with Crippen molar-refractivity contribution >= 4 is 23.5 Å². The maximum Gasteiger partial charge on any atom is 0.319 e. The second-order valence-corrected chi connectivity index (χ2v) is 12.7. The smallest absolute Gasteiger partial charge is 0.319 e. The molecule has 0 spiro atoms. The first-order chi connectivity index (χ1) is 18.8. The molecule has 1 heterocycles. The lowest BCUT2D eigenvalue weighted by atomic mass is 9.87. The van der Waals surface area contributed by atoms with Crippen LogP contribution in [0.4, 0.5) is 4.79 Å². The molecule has 3 fully saturated rings. The molecule has 4 rings (SSSR count). The second-order valence-electron chi connectivity index (χ2n) is 12.3. The number of carbonyl (C=O) groups excluding carboxylic acids is 2. The largest absolute Gasteiger partial charge is 0.381 e. The summed E-state index contributed by atoms with van der Waals surface area (Å²) in [5.74, 6) is 0.397. The van der Waals surface area contributed by atoms with Crippen LogP contribution >= 0.6 is 11.6 Å². The quantitative estimate of drug-likeness (QED) is 0.465. The molecule has 3 aliphatic rings. The first-order valence-corrected chi connectivity index (χ1v) is 15.5. The van der Waals surface area contributed by atoms with Crippen molar-refractivity contribution in [2.75, 3.05) is 34.3 Å². The topological polar surface area (TPSA) is 65.1 Å². The molecule has 0 radical (unpaired) electrons. The maximum atomic E-state index is 14.1. The highest BCUT2D eigenvalue weighted by Gasteiger charge is 2.40. The predicted octanol–water partition coefficient (Wildman–Crippen LogP) is 5.35. The Hall–Kier alpha value is -1.83. The number of hydrogen-bond acceptors (Lipinski definition) is 4. The van der Waals surface area contributed by atoms with Crippen molar-refractivity contribution in [1.82, 2.24) is 20.0 Å². The van der Waals surface area contributed by atoms with Crippen LogP contribution in [0.1, 0.15) is 76.7 Å². The zero-order chi connectivity index (χ0) is 27.9. The van der Waals surface area contributed by atoms with Crippen LogP contribution in [-0.4, -0.2) is 91.2 Å². The molecule has 2 aliphatic carbocycles. The molecule has 1 N–H and O–H groups in total. The van der Waals surface area contributed by atoms with Crippen molar-refractivity contribution in [3.8, 4) is 0 Å². The first-order valence-electron chi connectivity index (χ1n) is 15.1. The minimum absolute atomic E-state index is 0.118. The van der Waals surface area contributed by atoms with Gasteiger partial charge < -0.3 is 24.8 Å². The molecule has 3 atom stereocenters. The van der Waals surface area contributed by atoms with Gasteiger partial charge in [-0.2, -0.15) is 0 Å². The van der Waals surface area contributed by atoms with E-state index in [0.717, 1.165) is 50.5 Å². The summed E-state index contributed by atoms with van der Waals surface area (Å²) in [7, 11) is 5.50. The molecule has 0 aromatic heterocycles. The van der Waals surface area contributed by atoms with E-state index in [9.17, 15) is 9.59 Å². The van der Waals surface area contributed by atoms with Gasteiger partial charge in [-0.15, -0.1) is 0 Å². The Balaban J connectivity index is 1.45. The third-order valence-corrected chi connectivity index (χ3v) is 9.45. The number of methoxy groups -OCH3 is 1. The number of urea groups is 1. The van der Waals surface area contributed by atoms with Gasteiger partial charge in [-0.05, 0) is 75.0 Å². The van der Waals surface area contributed by atoms with E-state index in [-0.39, 0.29) is 29.9 Å². The van der Waals surface area contributed by atoms with Gasteiger partial charge >= 0.3 is 6.03 Å². The van der Waals surface area contributed by atoms with Crippen molar-refractivity contribution in [2.45, 2.75) is 108 Å². The maximum absolute atomic E-state index is 14.1. The molecular formula is C31H49ClN4O3. The highest BCUT2D eigenvalue weighted by atomic mass is 35.5. The number of halogens is 1. The van der Waals surface area contributed by atoms with Gasteiger partial charge in [0.1, 0.15) is 0 Å². The summed E-state index contributed by atoms with van der Waals surface area (Å²) >= 11 is 6.13. The summed E-state index contributed by atoms with van der Waals surface area (Å²) in [6.07, 6.45) is 11.7. The molecule has 1 aromatic rings. The summed E-state index contributed by atoms with van der Waals surface area (Å²) in [6, 6.07) is 8.47. The molecule has 7 nitrogen and oxygen atoms in total. The third kappa shape index (κ3) is 7.89. The summed E-state index contributed by atoms with van der Waals surface area (Å²) in [4.78, 5) is 33.4. The van der Waals surface area contributed by atoms with Crippen LogP contribution in [0.5, 0.6) is 0 Å². The Labute approximate surface area is 240 Å². The van der Waals surface area contributed by atoms with Crippen LogP contribution < -0.4 is 5.32 Å². The standard InChI is InChI=1S/C31H49ClN4O3/c1-22-21-35(19-18-29(22)36(31(38)34(2)3)26-8-6-5-7-9-26)30(37)28(20-23-10-12-24(32)13-11-23)33-25-14-16-27(39-4)17-15-25/h10-13,22,25-29,33H,5-9,14-21H2,1-4H3/t22?,25?,27?,28-,29?/m1/s1. The van der Waals surface area contributed by atoms with E-state index in [1.54, 1.807) is 12.0 Å². The monoisotopic (exact) mass is 560 g/mol. The fraction of sp³-hybridized carbons (Fsp3) is 0.742. The van der Waals surface area contributed by atoms with Gasteiger partial charge in [-0.3, -0.25) is 4.79 Å². The van der Waals surface area contributed by atoms with Crippen LogP contribution in [0.3, 0.4) is 0 Å². The number of nitrogens with one attached hydrogen (secondary N) is 1. The first kappa shape index (κ1) is 30.1. The molecule has 2 unspecified atom stereocenters. The van der Waals surface area contributed by atoms with Crippen LogP contribution in [0.15, 0.2) is 24.3 Å². The van der Waals surface area contributed by atoms with E-state index in [1.807, 2.05) is 38.4 Å². The molecule has 218 valence electrons. The van der Waals surface area contributed by atoms with Gasteiger partial charge in [-0.25, -0.2) is 4.79 Å².